The summed E-state index contributed by atoms with van der Waals surface area (Å²) in [7, 11) is 0. The molecule has 1 aliphatic rings. The molecule has 0 saturated heterocycles. The third kappa shape index (κ3) is 3.47. The van der Waals surface area contributed by atoms with Crippen LogP contribution in [0.3, 0.4) is 0 Å². The molecule has 5 heteroatoms. The Morgan fingerprint density at radius 3 is 2.68 bits per heavy atom. The van der Waals surface area contributed by atoms with Gasteiger partial charge in [0.15, 0.2) is 5.96 Å². The summed E-state index contributed by atoms with van der Waals surface area (Å²) in [5, 5.41) is 10.6. The highest BCUT2D eigenvalue weighted by molar-refractivity contribution is 5.79. The molecule has 1 aromatic heterocycles. The second-order valence-corrected chi connectivity index (χ2v) is 5.69. The molecule has 1 fully saturated rings. The Kier molecular flexibility index (Phi) is 4.42. The van der Waals surface area contributed by atoms with E-state index in [2.05, 4.69) is 58.0 Å². The number of benzene rings is 1. The van der Waals surface area contributed by atoms with Crippen molar-refractivity contribution in [3.63, 3.8) is 0 Å². The van der Waals surface area contributed by atoms with Crippen molar-refractivity contribution in [1.82, 2.24) is 15.8 Å². The first kappa shape index (κ1) is 14.6. The number of nitrogens with zero attached hydrogens (tertiary/aromatic N) is 2. The van der Waals surface area contributed by atoms with Crippen molar-refractivity contribution < 1.29 is 4.52 Å². The van der Waals surface area contributed by atoms with Crippen molar-refractivity contribution in [2.75, 3.05) is 13.1 Å². The summed E-state index contributed by atoms with van der Waals surface area (Å²) in [6.45, 7) is 4.33. The first-order valence-corrected chi connectivity index (χ1v) is 7.79. The number of aromatic nitrogens is 1. The first-order valence-electron chi connectivity index (χ1n) is 7.79. The Morgan fingerprint density at radius 1 is 1.23 bits per heavy atom. The van der Waals surface area contributed by atoms with Gasteiger partial charge in [0.25, 0.3) is 0 Å². The minimum atomic E-state index is 0.269. The van der Waals surface area contributed by atoms with Crippen LogP contribution in [0.15, 0.2) is 52.2 Å². The molecule has 22 heavy (non-hydrogen) atoms. The number of rotatable bonds is 6. The molecule has 0 unspecified atom stereocenters. The minimum Gasteiger partial charge on any atom is -0.364 e. The van der Waals surface area contributed by atoms with E-state index in [4.69, 9.17) is 4.52 Å². The molecule has 0 spiro atoms. The molecule has 0 amide bonds. The molecule has 0 radical (unpaired) electrons. The van der Waals surface area contributed by atoms with Crippen molar-refractivity contribution in [2.45, 2.75) is 31.7 Å². The van der Waals surface area contributed by atoms with Crippen LogP contribution in [-0.4, -0.2) is 24.2 Å². The Hall–Kier alpha value is -2.30. The zero-order valence-electron chi connectivity index (χ0n) is 12.9. The number of guanidine groups is 1. The van der Waals surface area contributed by atoms with Gasteiger partial charge in [-0.15, -0.1) is 0 Å². The fourth-order valence-corrected chi connectivity index (χ4v) is 2.58. The van der Waals surface area contributed by atoms with E-state index < -0.39 is 0 Å². The minimum absolute atomic E-state index is 0.269. The average Bonchev–Trinajstić information content (AvgIpc) is 3.17. The van der Waals surface area contributed by atoms with Crippen LogP contribution in [0.4, 0.5) is 0 Å². The Balaban J connectivity index is 1.61. The second-order valence-electron chi connectivity index (χ2n) is 5.69. The fourth-order valence-electron chi connectivity index (χ4n) is 2.58. The van der Waals surface area contributed by atoms with E-state index in [1.807, 2.05) is 6.07 Å². The molecule has 2 aromatic rings. The maximum absolute atomic E-state index is 4.83. The van der Waals surface area contributed by atoms with Gasteiger partial charge in [-0.05, 0) is 25.3 Å². The van der Waals surface area contributed by atoms with E-state index in [9.17, 15) is 0 Å². The zero-order valence-corrected chi connectivity index (χ0v) is 12.9. The van der Waals surface area contributed by atoms with Crippen LogP contribution in [-0.2, 0) is 12.0 Å². The number of hydrogen-bond donors (Lipinski definition) is 2. The standard InChI is InChI=1S/C17H22N4O/c1-2-18-16(19-12-15-8-11-22-21-15)20-13-17(9-10-17)14-6-4-3-5-7-14/h3-8,11H,2,9-10,12-13H2,1H3,(H2,18,19,20). The summed E-state index contributed by atoms with van der Waals surface area (Å²) in [6, 6.07) is 12.6. The summed E-state index contributed by atoms with van der Waals surface area (Å²) in [4.78, 5) is 4.55. The van der Waals surface area contributed by atoms with Gasteiger partial charge in [0.1, 0.15) is 12.0 Å². The lowest BCUT2D eigenvalue weighted by Crippen LogP contribution is -2.41. The lowest BCUT2D eigenvalue weighted by molar-refractivity contribution is 0.412. The average molecular weight is 298 g/mol. The zero-order chi connectivity index (χ0) is 15.3. The summed E-state index contributed by atoms with van der Waals surface area (Å²) in [5.74, 6) is 0.827. The van der Waals surface area contributed by atoms with Gasteiger partial charge >= 0.3 is 0 Å². The van der Waals surface area contributed by atoms with Crippen LogP contribution in [0.25, 0.3) is 0 Å². The number of aliphatic imine (C=N–C) groups is 1. The summed E-state index contributed by atoms with van der Waals surface area (Å²) in [5.41, 5.74) is 2.52. The summed E-state index contributed by atoms with van der Waals surface area (Å²) in [6.07, 6.45) is 4.03. The van der Waals surface area contributed by atoms with Crippen molar-refractivity contribution in [3.8, 4) is 0 Å². The van der Waals surface area contributed by atoms with Crippen LogP contribution < -0.4 is 10.6 Å². The van der Waals surface area contributed by atoms with Gasteiger partial charge in [0, 0.05) is 24.6 Å². The van der Waals surface area contributed by atoms with E-state index in [1.165, 1.54) is 18.4 Å². The SMILES string of the molecule is CCNC(=NCc1ccon1)NCC1(c2ccccc2)CC1. The Bertz CT molecular complexity index is 603. The van der Waals surface area contributed by atoms with Crippen LogP contribution in [0, 0.1) is 0 Å². The normalized spacial score (nSPS) is 16.3. The molecule has 116 valence electrons. The predicted octanol–water partition coefficient (Wildman–Crippen LogP) is 2.46. The van der Waals surface area contributed by atoms with E-state index in [-0.39, 0.29) is 5.41 Å². The molecule has 1 aliphatic carbocycles. The highest BCUT2D eigenvalue weighted by Gasteiger charge is 2.43. The molecule has 1 aromatic carbocycles. The molecule has 5 nitrogen and oxygen atoms in total. The third-order valence-electron chi connectivity index (χ3n) is 4.07. The van der Waals surface area contributed by atoms with Gasteiger partial charge < -0.3 is 15.2 Å². The second kappa shape index (κ2) is 6.64. The van der Waals surface area contributed by atoms with Crippen LogP contribution >= 0.6 is 0 Å². The smallest absolute Gasteiger partial charge is 0.191 e. The Morgan fingerprint density at radius 2 is 2.05 bits per heavy atom. The van der Waals surface area contributed by atoms with Crippen molar-refractivity contribution in [3.05, 3.63) is 53.9 Å². The third-order valence-corrected chi connectivity index (χ3v) is 4.07. The number of hydrogen-bond acceptors (Lipinski definition) is 3. The maximum Gasteiger partial charge on any atom is 0.191 e. The highest BCUT2D eigenvalue weighted by Crippen LogP contribution is 2.47. The molecule has 1 saturated carbocycles. The van der Waals surface area contributed by atoms with Crippen LogP contribution in [0.2, 0.25) is 0 Å². The molecular weight excluding hydrogens is 276 g/mol. The van der Waals surface area contributed by atoms with E-state index >= 15 is 0 Å². The summed E-state index contributed by atoms with van der Waals surface area (Å²) < 4.78 is 4.83. The lowest BCUT2D eigenvalue weighted by atomic mass is 9.96. The van der Waals surface area contributed by atoms with Gasteiger partial charge in [-0.1, -0.05) is 35.5 Å². The van der Waals surface area contributed by atoms with Crippen molar-refractivity contribution in [1.29, 1.82) is 0 Å². The maximum atomic E-state index is 4.83. The van der Waals surface area contributed by atoms with Gasteiger partial charge in [0.05, 0.1) is 6.54 Å². The van der Waals surface area contributed by atoms with Crippen molar-refractivity contribution >= 4 is 5.96 Å². The van der Waals surface area contributed by atoms with E-state index in [0.717, 1.165) is 24.7 Å². The van der Waals surface area contributed by atoms with E-state index in [0.29, 0.717) is 6.54 Å². The quantitative estimate of drug-likeness (QED) is 0.635. The monoisotopic (exact) mass is 298 g/mol. The van der Waals surface area contributed by atoms with Gasteiger partial charge in [-0.2, -0.15) is 0 Å². The molecule has 1 heterocycles. The molecule has 3 rings (SSSR count). The molecule has 0 atom stereocenters. The van der Waals surface area contributed by atoms with Crippen LogP contribution in [0.1, 0.15) is 31.0 Å². The molecule has 2 N–H and O–H groups in total. The van der Waals surface area contributed by atoms with E-state index in [1.54, 1.807) is 6.26 Å². The van der Waals surface area contributed by atoms with Gasteiger partial charge in [0.2, 0.25) is 0 Å². The first-order chi connectivity index (χ1) is 10.8. The van der Waals surface area contributed by atoms with Gasteiger partial charge in [-0.3, -0.25) is 0 Å². The lowest BCUT2D eigenvalue weighted by Gasteiger charge is -2.18. The van der Waals surface area contributed by atoms with Crippen LogP contribution in [0.5, 0.6) is 0 Å². The number of nitrogens with one attached hydrogen (secondary N) is 2. The summed E-state index contributed by atoms with van der Waals surface area (Å²) >= 11 is 0. The predicted molar refractivity (Wildman–Crippen MR) is 86.7 cm³/mol. The molecule has 0 bridgehead atoms. The Labute approximate surface area is 130 Å². The highest BCUT2D eigenvalue weighted by atomic mass is 16.5. The van der Waals surface area contributed by atoms with Crippen molar-refractivity contribution in [2.24, 2.45) is 4.99 Å². The van der Waals surface area contributed by atoms with Gasteiger partial charge in [-0.25, -0.2) is 4.99 Å². The fraction of sp³-hybridized carbons (Fsp3) is 0.412. The topological polar surface area (TPSA) is 62.5 Å². The largest absolute Gasteiger partial charge is 0.364 e. The molecule has 0 aliphatic heterocycles. The molecular formula is C17H22N4O.